The minimum atomic E-state index is -3.61. The Balaban J connectivity index is 2.37. The fourth-order valence-electron chi connectivity index (χ4n) is 1.96. The number of aromatic nitrogens is 1. The Labute approximate surface area is 122 Å². The van der Waals surface area contributed by atoms with Crippen molar-refractivity contribution in [2.45, 2.75) is 24.3 Å². The number of hydrogen-bond acceptors (Lipinski definition) is 4. The molecule has 0 saturated carbocycles. The van der Waals surface area contributed by atoms with Gasteiger partial charge >= 0.3 is 0 Å². The molecule has 5 nitrogen and oxygen atoms in total. The number of morpholine rings is 1. The van der Waals surface area contributed by atoms with E-state index in [4.69, 9.17) is 27.9 Å². The third-order valence-corrected chi connectivity index (χ3v) is 5.63. The van der Waals surface area contributed by atoms with E-state index < -0.39 is 10.0 Å². The summed E-state index contributed by atoms with van der Waals surface area (Å²) in [5, 5.41) is 0.221. The molecule has 1 aromatic rings. The molecule has 1 unspecified atom stereocenters. The predicted molar refractivity (Wildman–Crippen MR) is 73.0 cm³/mol. The molecule has 1 aromatic heterocycles. The lowest BCUT2D eigenvalue weighted by Crippen LogP contribution is -2.48. The highest BCUT2D eigenvalue weighted by molar-refractivity contribution is 7.89. The average molecular weight is 325 g/mol. The number of nitrogens with zero attached hydrogens (tertiary/aromatic N) is 2. The van der Waals surface area contributed by atoms with Gasteiger partial charge < -0.3 is 4.74 Å². The number of sulfonamides is 1. The summed E-state index contributed by atoms with van der Waals surface area (Å²) in [6.45, 7) is 3.06. The summed E-state index contributed by atoms with van der Waals surface area (Å²) < 4.78 is 31.8. The maximum absolute atomic E-state index is 12.5. The van der Waals surface area contributed by atoms with E-state index in [9.17, 15) is 8.42 Å². The van der Waals surface area contributed by atoms with E-state index in [2.05, 4.69) is 4.98 Å². The van der Waals surface area contributed by atoms with Gasteiger partial charge in [-0.2, -0.15) is 4.31 Å². The fraction of sp³-hybridized carbons (Fsp3) is 0.545. The Morgan fingerprint density at radius 1 is 1.53 bits per heavy atom. The first kappa shape index (κ1) is 15.0. The monoisotopic (exact) mass is 324 g/mol. The van der Waals surface area contributed by atoms with Crippen molar-refractivity contribution in [3.05, 3.63) is 22.4 Å². The zero-order valence-electron chi connectivity index (χ0n) is 10.3. The Morgan fingerprint density at radius 3 is 2.89 bits per heavy atom. The Bertz CT molecular complexity index is 565. The molecule has 19 heavy (non-hydrogen) atoms. The highest BCUT2D eigenvalue weighted by atomic mass is 35.5. The molecule has 0 aliphatic carbocycles. The molecule has 0 N–H and O–H groups in total. The van der Waals surface area contributed by atoms with E-state index in [0.29, 0.717) is 26.2 Å². The molecule has 1 saturated heterocycles. The van der Waals surface area contributed by atoms with Gasteiger partial charge in [-0.05, 0) is 12.5 Å². The zero-order chi connectivity index (χ0) is 14.0. The van der Waals surface area contributed by atoms with Crippen LogP contribution in [0, 0.1) is 0 Å². The van der Waals surface area contributed by atoms with Crippen molar-refractivity contribution in [3.8, 4) is 0 Å². The molecule has 0 aromatic carbocycles. The van der Waals surface area contributed by atoms with Crippen molar-refractivity contribution in [1.82, 2.24) is 9.29 Å². The third-order valence-electron chi connectivity index (χ3n) is 3.02. The molecule has 2 rings (SSSR count). The number of rotatable bonds is 3. The number of hydrogen-bond donors (Lipinski definition) is 0. The lowest BCUT2D eigenvalue weighted by molar-refractivity contribution is 0.0314. The van der Waals surface area contributed by atoms with Gasteiger partial charge in [0.25, 0.3) is 0 Å². The second-order valence-corrected chi connectivity index (χ2v) is 6.85. The van der Waals surface area contributed by atoms with Crippen molar-refractivity contribution in [2.75, 3.05) is 19.8 Å². The molecule has 0 spiro atoms. The van der Waals surface area contributed by atoms with Crippen LogP contribution in [0.1, 0.15) is 13.3 Å². The Kier molecular flexibility index (Phi) is 4.68. The lowest BCUT2D eigenvalue weighted by atomic mass is 10.2. The normalized spacial score (nSPS) is 21.5. The first-order valence-corrected chi connectivity index (χ1v) is 8.07. The summed E-state index contributed by atoms with van der Waals surface area (Å²) in [5.74, 6) is 0. The van der Waals surface area contributed by atoms with Gasteiger partial charge in [0.05, 0.1) is 18.2 Å². The van der Waals surface area contributed by atoms with Crippen LogP contribution in [0.15, 0.2) is 17.2 Å². The molecule has 0 amide bonds. The maximum Gasteiger partial charge on any atom is 0.245 e. The summed E-state index contributed by atoms with van der Waals surface area (Å²) in [5.41, 5.74) is 0. The van der Waals surface area contributed by atoms with Crippen molar-refractivity contribution < 1.29 is 13.2 Å². The first-order valence-electron chi connectivity index (χ1n) is 5.87. The van der Waals surface area contributed by atoms with Crippen molar-refractivity contribution in [2.24, 2.45) is 0 Å². The predicted octanol–water partition coefficient (Wildman–Crippen LogP) is 2.19. The van der Waals surface area contributed by atoms with Gasteiger partial charge in [-0.25, -0.2) is 13.4 Å². The molecule has 1 atom stereocenters. The highest BCUT2D eigenvalue weighted by Gasteiger charge is 2.33. The number of pyridine rings is 1. The van der Waals surface area contributed by atoms with Crippen LogP contribution in [-0.4, -0.2) is 43.5 Å². The Morgan fingerprint density at radius 2 is 2.26 bits per heavy atom. The summed E-state index contributed by atoms with van der Waals surface area (Å²) >= 11 is 11.5. The molecule has 0 radical (unpaired) electrons. The van der Waals surface area contributed by atoms with Crippen LogP contribution in [0.25, 0.3) is 0 Å². The summed E-state index contributed by atoms with van der Waals surface area (Å²) in [6.07, 6.45) is 1.92. The lowest BCUT2D eigenvalue weighted by Gasteiger charge is -2.33. The largest absolute Gasteiger partial charge is 0.378 e. The molecule has 1 fully saturated rings. The minimum absolute atomic E-state index is 0.0576. The van der Waals surface area contributed by atoms with Crippen LogP contribution in [-0.2, 0) is 14.8 Å². The van der Waals surface area contributed by atoms with Gasteiger partial charge in [0.2, 0.25) is 10.0 Å². The zero-order valence-corrected chi connectivity index (χ0v) is 12.7. The number of halogens is 2. The van der Waals surface area contributed by atoms with Gasteiger partial charge in [0.1, 0.15) is 10.0 Å². The van der Waals surface area contributed by atoms with Crippen LogP contribution >= 0.6 is 23.2 Å². The maximum atomic E-state index is 12.5. The van der Waals surface area contributed by atoms with Gasteiger partial charge in [0.15, 0.2) is 0 Å². The van der Waals surface area contributed by atoms with E-state index >= 15 is 0 Å². The van der Waals surface area contributed by atoms with Crippen molar-refractivity contribution in [3.63, 3.8) is 0 Å². The summed E-state index contributed by atoms with van der Waals surface area (Å²) in [6, 6.07) is 1.17. The van der Waals surface area contributed by atoms with Crippen LogP contribution in [0.3, 0.4) is 0 Å². The van der Waals surface area contributed by atoms with Gasteiger partial charge in [-0.1, -0.05) is 30.1 Å². The summed E-state index contributed by atoms with van der Waals surface area (Å²) in [7, 11) is -3.61. The van der Waals surface area contributed by atoms with Crippen LogP contribution in [0.2, 0.25) is 10.2 Å². The third kappa shape index (κ3) is 3.03. The molecular weight excluding hydrogens is 311 g/mol. The molecule has 1 aliphatic heterocycles. The smallest absolute Gasteiger partial charge is 0.245 e. The molecule has 2 heterocycles. The second kappa shape index (κ2) is 5.93. The van der Waals surface area contributed by atoms with Crippen LogP contribution in [0.4, 0.5) is 0 Å². The fourth-order valence-corrected chi connectivity index (χ4v) is 3.93. The molecule has 1 aliphatic rings. The quantitative estimate of drug-likeness (QED) is 0.800. The van der Waals surface area contributed by atoms with E-state index in [1.807, 2.05) is 6.92 Å². The minimum Gasteiger partial charge on any atom is -0.378 e. The van der Waals surface area contributed by atoms with Crippen molar-refractivity contribution in [1.29, 1.82) is 0 Å². The van der Waals surface area contributed by atoms with Crippen LogP contribution in [0.5, 0.6) is 0 Å². The Hall–Kier alpha value is -0.400. The van der Waals surface area contributed by atoms with Gasteiger partial charge in [-0.15, -0.1) is 0 Å². The summed E-state index contributed by atoms with van der Waals surface area (Å²) in [4.78, 5) is 3.84. The molecule has 0 bridgehead atoms. The van der Waals surface area contributed by atoms with E-state index in [-0.39, 0.29) is 21.1 Å². The number of ether oxygens (including phenoxy) is 1. The topological polar surface area (TPSA) is 59.5 Å². The van der Waals surface area contributed by atoms with E-state index in [1.54, 1.807) is 0 Å². The standard InChI is InChI=1S/C11H14Cl2N2O3S/c1-2-8-7-18-4-3-15(8)19(16,17)9-5-10(12)11(13)14-6-9/h5-6,8H,2-4,7H2,1H3. The average Bonchev–Trinajstić information content (AvgIpc) is 2.41. The van der Waals surface area contributed by atoms with Crippen LogP contribution < -0.4 is 0 Å². The highest BCUT2D eigenvalue weighted by Crippen LogP contribution is 2.26. The van der Waals surface area contributed by atoms with Gasteiger partial charge in [-0.3, -0.25) is 0 Å². The van der Waals surface area contributed by atoms with Gasteiger partial charge in [0, 0.05) is 18.8 Å². The van der Waals surface area contributed by atoms with E-state index in [0.717, 1.165) is 0 Å². The molecule has 8 heteroatoms. The SMILES string of the molecule is CCC1COCCN1S(=O)(=O)c1cnc(Cl)c(Cl)c1. The van der Waals surface area contributed by atoms with E-state index in [1.165, 1.54) is 16.6 Å². The van der Waals surface area contributed by atoms with Crippen molar-refractivity contribution >= 4 is 33.2 Å². The first-order chi connectivity index (χ1) is 8.96. The second-order valence-electron chi connectivity index (χ2n) is 4.20. The molecular formula is C11H14Cl2N2O3S. The molecule has 106 valence electrons.